The Balaban J connectivity index is 1.75. The number of thiophene rings is 2. The first-order valence-electron chi connectivity index (χ1n) is 6.06. The van der Waals surface area contributed by atoms with E-state index in [1.807, 2.05) is 41.9 Å². The van der Waals surface area contributed by atoms with Gasteiger partial charge in [-0.1, -0.05) is 12.1 Å². The molecule has 1 N–H and O–H groups in total. The van der Waals surface area contributed by atoms with E-state index in [4.69, 9.17) is 0 Å². The zero-order valence-corrected chi connectivity index (χ0v) is 13.2. The van der Waals surface area contributed by atoms with Crippen molar-refractivity contribution in [1.29, 1.82) is 0 Å². The maximum atomic E-state index is 12.2. The average molecular weight is 320 g/mol. The second-order valence-corrected chi connectivity index (χ2v) is 7.15. The van der Waals surface area contributed by atoms with Gasteiger partial charge in [-0.2, -0.15) is 0 Å². The van der Waals surface area contributed by atoms with Crippen LogP contribution in [0.3, 0.4) is 0 Å². The number of nitrogens with zero attached hydrogens (tertiary/aromatic N) is 1. The highest BCUT2D eigenvalue weighted by Crippen LogP contribution is 2.31. The van der Waals surface area contributed by atoms with Crippen LogP contribution in [0.15, 0.2) is 35.0 Å². The standard InChI is InChI=1S/C14H12N2OS3/c1-9-12(13(17)15-8-10-4-2-6-18-10)20-14(16-9)11-5-3-7-19-11/h2-7H,8H2,1H3,(H,15,17). The van der Waals surface area contributed by atoms with Crippen molar-refractivity contribution in [3.05, 3.63) is 50.5 Å². The van der Waals surface area contributed by atoms with Crippen LogP contribution in [0.2, 0.25) is 0 Å². The lowest BCUT2D eigenvalue weighted by atomic mass is 10.3. The van der Waals surface area contributed by atoms with Gasteiger partial charge in [0.2, 0.25) is 0 Å². The van der Waals surface area contributed by atoms with E-state index in [9.17, 15) is 4.79 Å². The Kier molecular flexibility index (Phi) is 3.95. The largest absolute Gasteiger partial charge is 0.346 e. The van der Waals surface area contributed by atoms with E-state index in [1.165, 1.54) is 11.3 Å². The number of hydrogen-bond donors (Lipinski definition) is 1. The number of amides is 1. The number of carbonyl (C=O) groups is 1. The minimum atomic E-state index is -0.0452. The molecule has 1 amide bonds. The average Bonchev–Trinajstić information content (AvgIpc) is 3.17. The minimum Gasteiger partial charge on any atom is -0.346 e. The number of hydrogen-bond acceptors (Lipinski definition) is 5. The number of aryl methyl sites for hydroxylation is 1. The normalized spacial score (nSPS) is 10.7. The summed E-state index contributed by atoms with van der Waals surface area (Å²) in [5.74, 6) is -0.0452. The molecule has 20 heavy (non-hydrogen) atoms. The summed E-state index contributed by atoms with van der Waals surface area (Å²) in [7, 11) is 0. The zero-order valence-electron chi connectivity index (χ0n) is 10.8. The lowest BCUT2D eigenvalue weighted by molar-refractivity contribution is 0.0954. The molecular formula is C14H12N2OS3. The minimum absolute atomic E-state index is 0.0452. The van der Waals surface area contributed by atoms with Gasteiger partial charge in [-0.05, 0) is 29.8 Å². The summed E-state index contributed by atoms with van der Waals surface area (Å²) < 4.78 is 0. The van der Waals surface area contributed by atoms with Crippen LogP contribution in [0, 0.1) is 6.92 Å². The van der Waals surface area contributed by atoms with E-state index in [-0.39, 0.29) is 5.91 Å². The summed E-state index contributed by atoms with van der Waals surface area (Å²) in [5, 5.41) is 7.89. The van der Waals surface area contributed by atoms with Crippen LogP contribution in [0.1, 0.15) is 20.2 Å². The van der Waals surface area contributed by atoms with Gasteiger partial charge in [0.05, 0.1) is 17.1 Å². The molecule has 3 rings (SSSR count). The molecule has 0 atom stereocenters. The summed E-state index contributed by atoms with van der Waals surface area (Å²) in [6, 6.07) is 8.02. The summed E-state index contributed by atoms with van der Waals surface area (Å²) in [6.07, 6.45) is 0. The third-order valence-corrected chi connectivity index (χ3v) is 5.81. The number of carbonyl (C=O) groups excluding carboxylic acids is 1. The molecule has 0 fully saturated rings. The molecule has 6 heteroatoms. The Morgan fingerprint density at radius 3 is 2.75 bits per heavy atom. The van der Waals surface area contributed by atoms with Crippen LogP contribution in [0.4, 0.5) is 0 Å². The van der Waals surface area contributed by atoms with Gasteiger partial charge in [0.1, 0.15) is 9.88 Å². The van der Waals surface area contributed by atoms with E-state index in [0.29, 0.717) is 11.4 Å². The molecule has 3 heterocycles. The van der Waals surface area contributed by atoms with Gasteiger partial charge in [0.25, 0.3) is 5.91 Å². The number of thiazole rings is 1. The summed E-state index contributed by atoms with van der Waals surface area (Å²) in [6.45, 7) is 2.45. The van der Waals surface area contributed by atoms with Crippen LogP contribution in [-0.2, 0) is 6.54 Å². The highest BCUT2D eigenvalue weighted by Gasteiger charge is 2.16. The van der Waals surface area contributed by atoms with E-state index in [0.717, 1.165) is 20.5 Å². The number of nitrogens with one attached hydrogen (secondary N) is 1. The molecule has 0 aliphatic carbocycles. The molecule has 0 radical (unpaired) electrons. The monoisotopic (exact) mass is 320 g/mol. The zero-order chi connectivity index (χ0) is 13.9. The first-order chi connectivity index (χ1) is 9.74. The van der Waals surface area contributed by atoms with Gasteiger partial charge in [-0.15, -0.1) is 34.0 Å². The van der Waals surface area contributed by atoms with Crippen molar-refractivity contribution in [2.75, 3.05) is 0 Å². The van der Waals surface area contributed by atoms with Crippen LogP contribution in [-0.4, -0.2) is 10.9 Å². The highest BCUT2D eigenvalue weighted by molar-refractivity contribution is 7.22. The quantitative estimate of drug-likeness (QED) is 0.784. The lowest BCUT2D eigenvalue weighted by Crippen LogP contribution is -2.22. The van der Waals surface area contributed by atoms with Crippen LogP contribution < -0.4 is 5.32 Å². The maximum absolute atomic E-state index is 12.2. The molecule has 0 saturated carbocycles. The molecule has 0 unspecified atom stereocenters. The highest BCUT2D eigenvalue weighted by atomic mass is 32.1. The van der Waals surface area contributed by atoms with Crippen molar-refractivity contribution < 1.29 is 4.79 Å². The number of rotatable bonds is 4. The van der Waals surface area contributed by atoms with Crippen molar-refractivity contribution in [3.8, 4) is 9.88 Å². The predicted octanol–water partition coefficient (Wildman–Crippen LogP) is 4.17. The van der Waals surface area contributed by atoms with E-state index in [1.54, 1.807) is 22.7 Å². The molecule has 0 spiro atoms. The first-order valence-corrected chi connectivity index (χ1v) is 8.63. The summed E-state index contributed by atoms with van der Waals surface area (Å²) in [4.78, 5) is 19.7. The summed E-state index contributed by atoms with van der Waals surface area (Å²) in [5.41, 5.74) is 0.794. The Morgan fingerprint density at radius 2 is 2.05 bits per heavy atom. The van der Waals surface area contributed by atoms with Crippen LogP contribution in [0.25, 0.3) is 9.88 Å². The fraction of sp³-hybridized carbons (Fsp3) is 0.143. The molecule has 0 bridgehead atoms. The van der Waals surface area contributed by atoms with Crippen LogP contribution >= 0.6 is 34.0 Å². The molecule has 3 nitrogen and oxygen atoms in total. The van der Waals surface area contributed by atoms with Gasteiger partial charge in [0.15, 0.2) is 0 Å². The van der Waals surface area contributed by atoms with Crippen molar-refractivity contribution in [1.82, 2.24) is 10.3 Å². The molecule has 0 aliphatic heterocycles. The Labute approximate surface area is 128 Å². The van der Waals surface area contributed by atoms with E-state index >= 15 is 0 Å². The fourth-order valence-corrected chi connectivity index (χ4v) is 4.20. The molecule has 3 aromatic rings. The topological polar surface area (TPSA) is 42.0 Å². The molecular weight excluding hydrogens is 308 g/mol. The molecule has 0 aliphatic rings. The third-order valence-electron chi connectivity index (χ3n) is 2.74. The van der Waals surface area contributed by atoms with Crippen molar-refractivity contribution in [2.45, 2.75) is 13.5 Å². The second kappa shape index (κ2) is 5.87. The third kappa shape index (κ3) is 2.82. The van der Waals surface area contributed by atoms with E-state index in [2.05, 4.69) is 10.3 Å². The molecule has 0 aromatic carbocycles. The Morgan fingerprint density at radius 1 is 1.25 bits per heavy atom. The van der Waals surface area contributed by atoms with Crippen molar-refractivity contribution in [3.63, 3.8) is 0 Å². The Bertz CT molecular complexity index is 699. The van der Waals surface area contributed by atoms with Crippen molar-refractivity contribution in [2.24, 2.45) is 0 Å². The SMILES string of the molecule is Cc1nc(-c2cccs2)sc1C(=O)NCc1cccs1. The number of aromatic nitrogens is 1. The van der Waals surface area contributed by atoms with Gasteiger partial charge in [-0.3, -0.25) is 4.79 Å². The second-order valence-electron chi connectivity index (χ2n) is 4.17. The van der Waals surface area contributed by atoms with Gasteiger partial charge in [-0.25, -0.2) is 4.98 Å². The molecule has 0 saturated heterocycles. The van der Waals surface area contributed by atoms with Gasteiger partial charge >= 0.3 is 0 Å². The lowest BCUT2D eigenvalue weighted by Gasteiger charge is -2.01. The molecule has 3 aromatic heterocycles. The van der Waals surface area contributed by atoms with E-state index < -0.39 is 0 Å². The summed E-state index contributed by atoms with van der Waals surface area (Å²) >= 11 is 4.73. The Hall–Kier alpha value is -1.50. The maximum Gasteiger partial charge on any atom is 0.263 e. The smallest absolute Gasteiger partial charge is 0.263 e. The fourth-order valence-electron chi connectivity index (χ4n) is 1.77. The van der Waals surface area contributed by atoms with Crippen molar-refractivity contribution >= 4 is 39.9 Å². The van der Waals surface area contributed by atoms with Gasteiger partial charge in [0, 0.05) is 4.88 Å². The molecule has 102 valence electrons. The predicted molar refractivity (Wildman–Crippen MR) is 85.7 cm³/mol. The van der Waals surface area contributed by atoms with Gasteiger partial charge < -0.3 is 5.32 Å². The van der Waals surface area contributed by atoms with Crippen LogP contribution in [0.5, 0.6) is 0 Å². The first kappa shape index (κ1) is 13.5.